The summed E-state index contributed by atoms with van der Waals surface area (Å²) in [5.74, 6) is -1.74. The summed E-state index contributed by atoms with van der Waals surface area (Å²) in [4.78, 5) is 39.3. The number of benzene rings is 2. The lowest BCUT2D eigenvalue weighted by Gasteiger charge is -2.26. The first-order valence-electron chi connectivity index (χ1n) is 9.04. The lowest BCUT2D eigenvalue weighted by molar-refractivity contribution is -0.384. The number of non-ortho nitro benzene ring substituents is 1. The molecule has 0 saturated carbocycles. The number of carbonyl (C=O) groups excluding carboxylic acids is 2. The van der Waals surface area contributed by atoms with Gasteiger partial charge in [0.1, 0.15) is 5.76 Å². The van der Waals surface area contributed by atoms with Crippen LogP contribution >= 0.6 is 0 Å². The van der Waals surface area contributed by atoms with Gasteiger partial charge in [-0.2, -0.15) is 0 Å². The molecule has 8 heteroatoms. The van der Waals surface area contributed by atoms with Crippen molar-refractivity contribution in [1.29, 1.82) is 0 Å². The Labute approximate surface area is 167 Å². The molecule has 3 rings (SSSR count). The van der Waals surface area contributed by atoms with E-state index in [1.165, 1.54) is 29.2 Å². The molecule has 0 spiro atoms. The van der Waals surface area contributed by atoms with E-state index in [2.05, 4.69) is 0 Å². The second-order valence-electron chi connectivity index (χ2n) is 7.01. The fraction of sp³-hybridized carbons (Fsp3) is 0.238. The van der Waals surface area contributed by atoms with Gasteiger partial charge in [-0.05, 0) is 31.8 Å². The maximum Gasteiger partial charge on any atom is 0.295 e. The summed E-state index contributed by atoms with van der Waals surface area (Å²) in [6, 6.07) is 13.4. The van der Waals surface area contributed by atoms with Crippen LogP contribution in [0.5, 0.6) is 0 Å². The van der Waals surface area contributed by atoms with Crippen LogP contribution < -0.4 is 0 Å². The molecule has 1 fully saturated rings. The summed E-state index contributed by atoms with van der Waals surface area (Å²) in [5, 5.41) is 21.8. The van der Waals surface area contributed by atoms with Crippen LogP contribution in [-0.2, 0) is 9.59 Å². The molecule has 2 aromatic carbocycles. The average molecular weight is 395 g/mol. The number of likely N-dealkylation sites (N-methyl/N-ethyl adjacent to an activating group) is 1. The van der Waals surface area contributed by atoms with Gasteiger partial charge in [-0.25, -0.2) is 0 Å². The predicted octanol–water partition coefficient (Wildman–Crippen LogP) is 2.58. The summed E-state index contributed by atoms with van der Waals surface area (Å²) in [6.45, 7) is 0.784. The van der Waals surface area contributed by atoms with Crippen molar-refractivity contribution in [3.8, 4) is 0 Å². The second kappa shape index (κ2) is 8.24. The first-order valence-corrected chi connectivity index (χ1v) is 9.04. The Balaban J connectivity index is 2.13. The molecule has 1 aliphatic rings. The van der Waals surface area contributed by atoms with E-state index in [-0.39, 0.29) is 23.6 Å². The Morgan fingerprint density at radius 3 is 2.28 bits per heavy atom. The van der Waals surface area contributed by atoms with Gasteiger partial charge in [0.2, 0.25) is 0 Å². The van der Waals surface area contributed by atoms with E-state index in [1.54, 1.807) is 30.3 Å². The van der Waals surface area contributed by atoms with E-state index < -0.39 is 22.7 Å². The van der Waals surface area contributed by atoms with Crippen molar-refractivity contribution in [3.05, 3.63) is 81.4 Å². The van der Waals surface area contributed by atoms with Gasteiger partial charge in [-0.1, -0.05) is 30.3 Å². The maximum atomic E-state index is 12.8. The summed E-state index contributed by atoms with van der Waals surface area (Å²) < 4.78 is 0. The smallest absolute Gasteiger partial charge is 0.295 e. The van der Waals surface area contributed by atoms with Gasteiger partial charge in [-0.15, -0.1) is 0 Å². The molecule has 1 aliphatic heterocycles. The van der Waals surface area contributed by atoms with Crippen LogP contribution in [0.25, 0.3) is 5.76 Å². The molecular weight excluding hydrogens is 374 g/mol. The number of nitrogens with zero attached hydrogens (tertiary/aromatic N) is 3. The van der Waals surface area contributed by atoms with E-state index in [0.29, 0.717) is 17.7 Å². The fourth-order valence-electron chi connectivity index (χ4n) is 3.29. The molecular formula is C21H21N3O5. The Morgan fingerprint density at radius 1 is 1.10 bits per heavy atom. The summed E-state index contributed by atoms with van der Waals surface area (Å²) >= 11 is 0. The molecule has 0 bridgehead atoms. The van der Waals surface area contributed by atoms with Crippen LogP contribution in [0, 0.1) is 10.1 Å². The Morgan fingerprint density at radius 2 is 1.72 bits per heavy atom. The van der Waals surface area contributed by atoms with Gasteiger partial charge in [-0.3, -0.25) is 19.7 Å². The van der Waals surface area contributed by atoms with Crippen LogP contribution in [-0.4, -0.2) is 58.7 Å². The van der Waals surface area contributed by atoms with Crippen LogP contribution in [0.1, 0.15) is 17.2 Å². The monoisotopic (exact) mass is 395 g/mol. The molecule has 29 heavy (non-hydrogen) atoms. The zero-order valence-corrected chi connectivity index (χ0v) is 16.1. The number of hydrogen-bond donors (Lipinski definition) is 1. The summed E-state index contributed by atoms with van der Waals surface area (Å²) in [6.07, 6.45) is 0. The maximum absolute atomic E-state index is 12.8. The number of hydrogen-bond acceptors (Lipinski definition) is 6. The number of carbonyl (C=O) groups is 2. The standard InChI is InChI=1S/C21H21N3O5/c1-22(2)12-13-23-18(14-8-10-16(11-9-14)24(28)29)17(20(26)21(23)27)19(25)15-6-4-3-5-7-15/h3-11,18,25H,12-13H2,1-2H3/b19-17+. The van der Waals surface area contributed by atoms with E-state index in [0.717, 1.165) is 0 Å². The molecule has 0 aliphatic carbocycles. The van der Waals surface area contributed by atoms with Crippen LogP contribution in [0.4, 0.5) is 5.69 Å². The molecule has 0 radical (unpaired) electrons. The van der Waals surface area contributed by atoms with Gasteiger partial charge in [0.05, 0.1) is 16.5 Å². The van der Waals surface area contributed by atoms with E-state index in [1.807, 2.05) is 19.0 Å². The number of rotatable bonds is 6. The highest BCUT2D eigenvalue weighted by atomic mass is 16.6. The number of ketones is 1. The minimum absolute atomic E-state index is 0.0196. The topological polar surface area (TPSA) is 104 Å². The molecule has 1 atom stereocenters. The number of nitro groups is 1. The zero-order chi connectivity index (χ0) is 21.1. The molecule has 0 aromatic heterocycles. The molecule has 1 N–H and O–H groups in total. The Kier molecular flexibility index (Phi) is 5.74. The van der Waals surface area contributed by atoms with Crippen molar-refractivity contribution in [1.82, 2.24) is 9.80 Å². The lowest BCUT2D eigenvalue weighted by atomic mass is 9.95. The van der Waals surface area contributed by atoms with Crippen molar-refractivity contribution in [3.63, 3.8) is 0 Å². The number of aliphatic hydroxyl groups excluding tert-OH is 1. The second-order valence-corrected chi connectivity index (χ2v) is 7.01. The number of Topliss-reactive ketones (excluding diaryl/α,β-unsaturated/α-hetero) is 1. The minimum atomic E-state index is -0.823. The lowest BCUT2D eigenvalue weighted by Crippen LogP contribution is -2.35. The number of nitro benzene ring substituents is 1. The van der Waals surface area contributed by atoms with Crippen molar-refractivity contribution < 1.29 is 19.6 Å². The highest BCUT2D eigenvalue weighted by Crippen LogP contribution is 2.39. The molecule has 1 saturated heterocycles. The SMILES string of the molecule is CN(C)CCN1C(=O)C(=O)/C(=C(/O)c2ccccc2)C1c1ccc([N+](=O)[O-])cc1. The average Bonchev–Trinajstić information content (AvgIpc) is 2.97. The Hall–Kier alpha value is -3.52. The normalized spacial score (nSPS) is 18.4. The number of likely N-dealkylation sites (tertiary alicyclic amines) is 1. The summed E-state index contributed by atoms with van der Waals surface area (Å²) in [5.41, 5.74) is 0.826. The molecule has 8 nitrogen and oxygen atoms in total. The van der Waals surface area contributed by atoms with Crippen molar-refractivity contribution in [2.24, 2.45) is 0 Å². The van der Waals surface area contributed by atoms with E-state index >= 15 is 0 Å². The van der Waals surface area contributed by atoms with Gasteiger partial charge in [0.15, 0.2) is 0 Å². The highest BCUT2D eigenvalue weighted by Gasteiger charge is 2.45. The summed E-state index contributed by atoms with van der Waals surface area (Å²) in [7, 11) is 3.70. The zero-order valence-electron chi connectivity index (χ0n) is 16.1. The van der Waals surface area contributed by atoms with Gasteiger partial charge < -0.3 is 14.9 Å². The largest absolute Gasteiger partial charge is 0.507 e. The van der Waals surface area contributed by atoms with Crippen LogP contribution in [0.15, 0.2) is 60.2 Å². The van der Waals surface area contributed by atoms with Crippen molar-refractivity contribution in [2.45, 2.75) is 6.04 Å². The van der Waals surface area contributed by atoms with Crippen LogP contribution in [0.2, 0.25) is 0 Å². The molecule has 1 amide bonds. The van der Waals surface area contributed by atoms with Gasteiger partial charge in [0, 0.05) is 30.8 Å². The quantitative estimate of drug-likeness (QED) is 0.265. The number of aliphatic hydroxyl groups is 1. The minimum Gasteiger partial charge on any atom is -0.507 e. The predicted molar refractivity (Wildman–Crippen MR) is 107 cm³/mol. The molecule has 150 valence electrons. The van der Waals surface area contributed by atoms with Gasteiger partial charge in [0.25, 0.3) is 17.4 Å². The number of amides is 1. The molecule has 1 heterocycles. The first-order chi connectivity index (χ1) is 13.8. The van der Waals surface area contributed by atoms with E-state index in [4.69, 9.17) is 0 Å². The van der Waals surface area contributed by atoms with E-state index in [9.17, 15) is 24.8 Å². The molecule has 1 unspecified atom stereocenters. The third-order valence-electron chi connectivity index (χ3n) is 4.79. The molecule has 2 aromatic rings. The van der Waals surface area contributed by atoms with Crippen LogP contribution in [0.3, 0.4) is 0 Å². The fourth-order valence-corrected chi connectivity index (χ4v) is 3.29. The van der Waals surface area contributed by atoms with Gasteiger partial charge >= 0.3 is 0 Å². The third-order valence-corrected chi connectivity index (χ3v) is 4.79. The first kappa shape index (κ1) is 20.2. The van der Waals surface area contributed by atoms with Crippen molar-refractivity contribution in [2.75, 3.05) is 27.2 Å². The highest BCUT2D eigenvalue weighted by molar-refractivity contribution is 6.46. The third kappa shape index (κ3) is 4.02. The van der Waals surface area contributed by atoms with Crippen molar-refractivity contribution >= 4 is 23.1 Å². The Bertz CT molecular complexity index is 968.